The van der Waals surface area contributed by atoms with Crippen LogP contribution in [0.15, 0.2) is 60.7 Å². The minimum Gasteiger partial charge on any atom is -0.340 e. The van der Waals surface area contributed by atoms with Crippen molar-refractivity contribution in [2.45, 2.75) is 25.4 Å². The summed E-state index contributed by atoms with van der Waals surface area (Å²) in [5, 5.41) is 4.51. The quantitative estimate of drug-likeness (QED) is 0.671. The first-order chi connectivity index (χ1) is 14.5. The molecule has 4 rings (SSSR count). The molecule has 30 heavy (non-hydrogen) atoms. The van der Waals surface area contributed by atoms with Gasteiger partial charge in [0, 0.05) is 30.5 Å². The molecule has 0 spiro atoms. The zero-order chi connectivity index (χ0) is 21.1. The van der Waals surface area contributed by atoms with Crippen LogP contribution < -0.4 is 5.32 Å². The molecule has 1 aromatic heterocycles. The molecule has 0 radical (unpaired) electrons. The van der Waals surface area contributed by atoms with Crippen molar-refractivity contribution in [3.63, 3.8) is 0 Å². The average molecular weight is 423 g/mol. The van der Waals surface area contributed by atoms with Crippen LogP contribution >= 0.6 is 11.6 Å². The van der Waals surface area contributed by atoms with Crippen LogP contribution in [0.1, 0.15) is 18.4 Å². The molecule has 154 valence electrons. The topological polar surface area (TPSA) is 65.5 Å². The van der Waals surface area contributed by atoms with Crippen LogP contribution in [0.3, 0.4) is 0 Å². The summed E-state index contributed by atoms with van der Waals surface area (Å²) in [4.78, 5) is 33.7. The lowest BCUT2D eigenvalue weighted by Crippen LogP contribution is -2.47. The molecule has 0 bridgehead atoms. The number of halogens is 1. The maximum atomic E-state index is 13.0. The van der Waals surface area contributed by atoms with Crippen molar-refractivity contribution >= 4 is 40.3 Å². The molecule has 3 amide bonds. The number of rotatable bonds is 4. The number of benzene rings is 2. The zero-order valence-corrected chi connectivity index (χ0v) is 17.5. The van der Waals surface area contributed by atoms with Crippen LogP contribution in [0.25, 0.3) is 10.9 Å². The first-order valence-corrected chi connectivity index (χ1v) is 10.3. The Balaban J connectivity index is 1.43. The van der Waals surface area contributed by atoms with E-state index in [1.807, 2.05) is 42.5 Å². The van der Waals surface area contributed by atoms with Crippen molar-refractivity contribution in [1.82, 2.24) is 14.8 Å². The first kappa shape index (κ1) is 20.2. The smallest absolute Gasteiger partial charge is 0.323 e. The Kier molecular flexibility index (Phi) is 5.86. The number of hydrogen-bond donors (Lipinski definition) is 1. The van der Waals surface area contributed by atoms with E-state index in [0.717, 1.165) is 22.9 Å². The number of amides is 3. The summed E-state index contributed by atoms with van der Waals surface area (Å²) in [6.45, 7) is 1.01. The summed E-state index contributed by atoms with van der Waals surface area (Å²) in [6, 6.07) is 18.1. The number of para-hydroxylation sites is 1. The molecule has 1 atom stereocenters. The van der Waals surface area contributed by atoms with E-state index in [9.17, 15) is 9.59 Å². The number of nitrogens with zero attached hydrogens (tertiary/aromatic N) is 3. The van der Waals surface area contributed by atoms with Crippen molar-refractivity contribution in [2.24, 2.45) is 0 Å². The van der Waals surface area contributed by atoms with Gasteiger partial charge in [0.2, 0.25) is 5.91 Å². The third-order valence-electron chi connectivity index (χ3n) is 5.34. The highest BCUT2D eigenvalue weighted by molar-refractivity contribution is 6.30. The van der Waals surface area contributed by atoms with Gasteiger partial charge in [-0.05, 0) is 48.7 Å². The maximum Gasteiger partial charge on any atom is 0.323 e. The lowest BCUT2D eigenvalue weighted by Gasteiger charge is -2.28. The van der Waals surface area contributed by atoms with E-state index >= 15 is 0 Å². The summed E-state index contributed by atoms with van der Waals surface area (Å²) >= 11 is 5.93. The summed E-state index contributed by atoms with van der Waals surface area (Å²) in [6.07, 6.45) is 1.45. The third kappa shape index (κ3) is 4.39. The summed E-state index contributed by atoms with van der Waals surface area (Å²) in [7, 11) is 1.76. The number of anilines is 1. The largest absolute Gasteiger partial charge is 0.340 e. The fourth-order valence-corrected chi connectivity index (χ4v) is 3.91. The van der Waals surface area contributed by atoms with E-state index in [1.165, 1.54) is 0 Å². The summed E-state index contributed by atoms with van der Waals surface area (Å²) in [5.74, 6) is 0.412. The second kappa shape index (κ2) is 8.71. The maximum absolute atomic E-state index is 13.0. The van der Waals surface area contributed by atoms with Gasteiger partial charge in [0.15, 0.2) is 0 Å². The van der Waals surface area contributed by atoms with E-state index in [0.29, 0.717) is 30.4 Å². The normalized spacial score (nSPS) is 15.9. The van der Waals surface area contributed by atoms with Crippen molar-refractivity contribution in [1.29, 1.82) is 0 Å². The van der Waals surface area contributed by atoms with Crippen LogP contribution in [0.2, 0.25) is 5.02 Å². The molecule has 1 fully saturated rings. The van der Waals surface area contributed by atoms with Gasteiger partial charge in [-0.1, -0.05) is 41.9 Å². The number of hydrogen-bond acceptors (Lipinski definition) is 3. The highest BCUT2D eigenvalue weighted by Gasteiger charge is 2.35. The monoisotopic (exact) mass is 422 g/mol. The predicted octanol–water partition coefficient (Wildman–Crippen LogP) is 4.54. The molecular weight excluding hydrogens is 400 g/mol. The van der Waals surface area contributed by atoms with E-state index in [1.54, 1.807) is 35.0 Å². The van der Waals surface area contributed by atoms with Crippen LogP contribution in [-0.2, 0) is 11.3 Å². The van der Waals surface area contributed by atoms with Gasteiger partial charge >= 0.3 is 6.03 Å². The molecule has 1 N–H and O–H groups in total. The predicted molar refractivity (Wildman–Crippen MR) is 118 cm³/mol. The Bertz CT molecular complexity index is 1070. The lowest BCUT2D eigenvalue weighted by atomic mass is 10.1. The number of carbonyl (C=O) groups excluding carboxylic acids is 2. The lowest BCUT2D eigenvalue weighted by molar-refractivity contribution is -0.134. The van der Waals surface area contributed by atoms with Crippen molar-refractivity contribution < 1.29 is 9.59 Å². The average Bonchev–Trinajstić information content (AvgIpc) is 3.25. The number of nitrogens with one attached hydrogen (secondary N) is 1. The Morgan fingerprint density at radius 1 is 1.13 bits per heavy atom. The standard InChI is InChI=1S/C23H23ClN4O2/c1-27(15-16-8-11-18(24)12-9-16)22(29)20-7-4-14-28(20)23(30)26-21-13-10-17-5-2-3-6-19(17)25-21/h2-3,5-6,8-13,20H,4,7,14-15H2,1H3,(H,25,26,30)/t20-/m1/s1. The van der Waals surface area contributed by atoms with Crippen molar-refractivity contribution in [3.05, 3.63) is 71.2 Å². The number of likely N-dealkylation sites (N-methyl/N-ethyl adjacent to an activating group) is 1. The Labute approximate surface area is 180 Å². The van der Waals surface area contributed by atoms with Gasteiger partial charge in [-0.2, -0.15) is 0 Å². The molecule has 0 aliphatic carbocycles. The molecule has 6 nitrogen and oxygen atoms in total. The number of likely N-dealkylation sites (tertiary alicyclic amines) is 1. The van der Waals surface area contributed by atoms with Crippen LogP contribution in [-0.4, -0.2) is 46.4 Å². The molecule has 7 heteroatoms. The molecule has 1 aliphatic heterocycles. The number of urea groups is 1. The molecule has 2 heterocycles. The van der Waals surface area contributed by atoms with E-state index in [-0.39, 0.29) is 11.9 Å². The summed E-state index contributed by atoms with van der Waals surface area (Å²) < 4.78 is 0. The van der Waals surface area contributed by atoms with Crippen LogP contribution in [0, 0.1) is 0 Å². The second-order valence-electron chi connectivity index (χ2n) is 7.49. The van der Waals surface area contributed by atoms with Gasteiger partial charge in [0.1, 0.15) is 11.9 Å². The second-order valence-corrected chi connectivity index (χ2v) is 7.93. The van der Waals surface area contributed by atoms with Crippen molar-refractivity contribution in [2.75, 3.05) is 18.9 Å². The third-order valence-corrected chi connectivity index (χ3v) is 5.59. The fraction of sp³-hybridized carbons (Fsp3) is 0.261. The van der Waals surface area contributed by atoms with E-state index in [4.69, 9.17) is 11.6 Å². The van der Waals surface area contributed by atoms with Gasteiger partial charge in [-0.3, -0.25) is 10.1 Å². The van der Waals surface area contributed by atoms with Gasteiger partial charge < -0.3 is 9.80 Å². The van der Waals surface area contributed by atoms with Gasteiger partial charge in [0.25, 0.3) is 0 Å². The number of pyridine rings is 1. The molecule has 0 saturated carbocycles. The Hall–Kier alpha value is -3.12. The Morgan fingerprint density at radius 2 is 1.90 bits per heavy atom. The molecule has 3 aromatic rings. The number of aromatic nitrogens is 1. The van der Waals surface area contributed by atoms with Crippen LogP contribution in [0.4, 0.5) is 10.6 Å². The van der Waals surface area contributed by atoms with Crippen molar-refractivity contribution in [3.8, 4) is 0 Å². The minimum atomic E-state index is -0.470. The zero-order valence-electron chi connectivity index (χ0n) is 16.7. The highest BCUT2D eigenvalue weighted by Crippen LogP contribution is 2.22. The Morgan fingerprint density at radius 3 is 2.70 bits per heavy atom. The molecule has 2 aromatic carbocycles. The highest BCUT2D eigenvalue weighted by atomic mass is 35.5. The van der Waals surface area contributed by atoms with Gasteiger partial charge in [0.05, 0.1) is 5.52 Å². The SMILES string of the molecule is CN(Cc1ccc(Cl)cc1)C(=O)[C@H]1CCCN1C(=O)Nc1ccc2ccccc2n1. The summed E-state index contributed by atoms with van der Waals surface area (Å²) in [5.41, 5.74) is 1.80. The molecule has 1 saturated heterocycles. The van der Waals surface area contributed by atoms with Crippen LogP contribution in [0.5, 0.6) is 0 Å². The molecule has 1 aliphatic rings. The molecular formula is C23H23ClN4O2. The number of fused-ring (bicyclic) bond motifs is 1. The molecule has 0 unspecified atom stereocenters. The van der Waals surface area contributed by atoms with Gasteiger partial charge in [-0.25, -0.2) is 9.78 Å². The number of carbonyl (C=O) groups is 2. The fourth-order valence-electron chi connectivity index (χ4n) is 3.78. The van der Waals surface area contributed by atoms with E-state index in [2.05, 4.69) is 10.3 Å². The van der Waals surface area contributed by atoms with E-state index < -0.39 is 6.04 Å². The minimum absolute atomic E-state index is 0.0657. The first-order valence-electron chi connectivity index (χ1n) is 9.94. The van der Waals surface area contributed by atoms with Gasteiger partial charge in [-0.15, -0.1) is 0 Å².